The van der Waals surface area contributed by atoms with Crippen molar-refractivity contribution in [2.75, 3.05) is 0 Å². The predicted octanol–water partition coefficient (Wildman–Crippen LogP) is 8.51. The third-order valence-electron chi connectivity index (χ3n) is 7.00. The van der Waals surface area contributed by atoms with E-state index in [2.05, 4.69) is 188 Å². The smallest absolute Gasteiger partial charge is 0 e. The van der Waals surface area contributed by atoms with E-state index in [9.17, 15) is 0 Å². The van der Waals surface area contributed by atoms with Gasteiger partial charge in [0.05, 0.1) is 0 Å². The van der Waals surface area contributed by atoms with E-state index in [4.69, 9.17) is 6.42 Å². The second kappa shape index (κ2) is 20.0. The van der Waals surface area contributed by atoms with Crippen LogP contribution < -0.4 is 31.8 Å². The van der Waals surface area contributed by atoms with Crippen LogP contribution in [0.4, 0.5) is 0 Å². The molecule has 0 spiro atoms. The van der Waals surface area contributed by atoms with E-state index in [1.165, 1.54) is 31.8 Å². The van der Waals surface area contributed by atoms with Crippen LogP contribution in [0.25, 0.3) is 0 Å². The standard InChI is InChI=1S/2C18H15P.C8H5.Pt/c2*1-4-10-16(11-5-1)19(17-12-6-2-7-13-17)18-14-8-3-9-15-18;1-2-8-6-4-3-5-7-8;/h2*1-15H;3-7H;/q;;-1;. The molecular weight excluding hydrogens is 786 g/mol. The van der Waals surface area contributed by atoms with Gasteiger partial charge in [-0.1, -0.05) is 200 Å². The molecule has 0 amide bonds. The van der Waals surface area contributed by atoms with Crippen LogP contribution in [0.3, 0.4) is 0 Å². The van der Waals surface area contributed by atoms with Gasteiger partial charge in [-0.25, -0.2) is 0 Å². The van der Waals surface area contributed by atoms with Crippen molar-refractivity contribution in [1.82, 2.24) is 0 Å². The van der Waals surface area contributed by atoms with Gasteiger partial charge < -0.3 is 6.42 Å². The molecule has 0 nitrogen and oxygen atoms in total. The van der Waals surface area contributed by atoms with E-state index in [0.29, 0.717) is 0 Å². The van der Waals surface area contributed by atoms with E-state index >= 15 is 0 Å². The van der Waals surface area contributed by atoms with Gasteiger partial charge in [-0.2, -0.15) is 0 Å². The largest absolute Gasteiger partial charge is 0.366 e. The first-order valence-electron chi connectivity index (χ1n) is 15.2. The Hall–Kier alpha value is -4.35. The zero-order valence-electron chi connectivity index (χ0n) is 25.9. The van der Waals surface area contributed by atoms with Gasteiger partial charge in [-0.05, 0) is 47.7 Å². The average molecular weight is 821 g/mol. The van der Waals surface area contributed by atoms with Crippen LogP contribution in [0.15, 0.2) is 212 Å². The van der Waals surface area contributed by atoms with Gasteiger partial charge in [0.2, 0.25) is 0 Å². The minimum Gasteiger partial charge on any atom is -0.366 e. The van der Waals surface area contributed by atoms with Crippen molar-refractivity contribution in [3.05, 3.63) is 224 Å². The molecule has 0 atom stereocenters. The van der Waals surface area contributed by atoms with Gasteiger partial charge in [-0.15, -0.1) is 17.7 Å². The Bertz CT molecular complexity index is 1550. The van der Waals surface area contributed by atoms with Crippen LogP contribution in [-0.4, -0.2) is 0 Å². The molecule has 47 heavy (non-hydrogen) atoms. The van der Waals surface area contributed by atoms with E-state index in [1.54, 1.807) is 0 Å². The minimum absolute atomic E-state index is 0. The summed E-state index contributed by atoms with van der Waals surface area (Å²) in [6.45, 7) is 0. The van der Waals surface area contributed by atoms with E-state index in [0.717, 1.165) is 5.56 Å². The number of hydrogen-bond donors (Lipinski definition) is 0. The Morgan fingerprint density at radius 3 is 0.596 bits per heavy atom. The van der Waals surface area contributed by atoms with Crippen molar-refractivity contribution >= 4 is 47.7 Å². The Morgan fingerprint density at radius 1 is 0.277 bits per heavy atom. The Balaban J connectivity index is 0.000000171. The molecule has 7 aromatic carbocycles. The van der Waals surface area contributed by atoms with Crippen LogP contribution in [0.1, 0.15) is 5.56 Å². The maximum absolute atomic E-state index is 6.69. The van der Waals surface area contributed by atoms with Crippen molar-refractivity contribution in [3.8, 4) is 5.92 Å². The summed E-state index contributed by atoms with van der Waals surface area (Å²) in [5.41, 5.74) is 0.826. The molecule has 7 rings (SSSR count). The fourth-order valence-corrected chi connectivity index (χ4v) is 9.49. The summed E-state index contributed by atoms with van der Waals surface area (Å²) in [6, 6.07) is 74.0. The molecule has 0 N–H and O–H groups in total. The van der Waals surface area contributed by atoms with Crippen LogP contribution >= 0.6 is 15.8 Å². The molecule has 0 bridgehead atoms. The van der Waals surface area contributed by atoms with Crippen molar-refractivity contribution in [3.63, 3.8) is 0 Å². The number of benzene rings is 7. The van der Waals surface area contributed by atoms with Crippen molar-refractivity contribution in [1.29, 1.82) is 0 Å². The monoisotopic (exact) mass is 820 g/mol. The summed E-state index contributed by atoms with van der Waals surface area (Å²) in [7, 11) is -0.892. The summed E-state index contributed by atoms with van der Waals surface area (Å²) in [6.07, 6.45) is 6.69. The third kappa shape index (κ3) is 10.9. The average Bonchev–Trinajstić information content (AvgIpc) is 3.15. The quantitative estimate of drug-likeness (QED) is 0.0898. The maximum Gasteiger partial charge on any atom is 0 e. The van der Waals surface area contributed by atoms with Gasteiger partial charge in [0.1, 0.15) is 0 Å². The number of rotatable bonds is 6. The first kappa shape index (κ1) is 35.5. The molecule has 0 radical (unpaired) electrons. The third-order valence-corrected chi connectivity index (χ3v) is 11.9. The Morgan fingerprint density at radius 2 is 0.447 bits per heavy atom. The molecule has 0 fully saturated rings. The summed E-state index contributed by atoms with van der Waals surface area (Å²) in [4.78, 5) is 0. The summed E-state index contributed by atoms with van der Waals surface area (Å²) in [5, 5.41) is 8.39. The molecule has 0 saturated heterocycles. The molecule has 0 aliphatic heterocycles. The second-order valence-corrected chi connectivity index (χ2v) is 14.6. The zero-order chi connectivity index (χ0) is 31.7. The van der Waals surface area contributed by atoms with Crippen LogP contribution in [0.2, 0.25) is 0 Å². The normalized spacial score (nSPS) is 9.89. The molecule has 232 valence electrons. The number of hydrogen-bond acceptors (Lipinski definition) is 0. The molecule has 0 aromatic heterocycles. The van der Waals surface area contributed by atoms with Gasteiger partial charge >= 0.3 is 0 Å². The molecule has 7 aromatic rings. The zero-order valence-corrected chi connectivity index (χ0v) is 30.0. The van der Waals surface area contributed by atoms with Crippen LogP contribution in [0, 0.1) is 12.3 Å². The van der Waals surface area contributed by atoms with E-state index in [1.807, 2.05) is 30.3 Å². The van der Waals surface area contributed by atoms with E-state index < -0.39 is 15.8 Å². The van der Waals surface area contributed by atoms with Crippen LogP contribution in [0.5, 0.6) is 0 Å². The predicted molar refractivity (Wildman–Crippen MR) is 203 cm³/mol. The van der Waals surface area contributed by atoms with Crippen molar-refractivity contribution in [2.45, 2.75) is 0 Å². The minimum atomic E-state index is -0.446. The molecule has 0 aliphatic rings. The van der Waals surface area contributed by atoms with Gasteiger partial charge in [-0.3, -0.25) is 5.92 Å². The van der Waals surface area contributed by atoms with Gasteiger partial charge in [0.15, 0.2) is 0 Å². The van der Waals surface area contributed by atoms with Crippen molar-refractivity contribution < 1.29 is 21.1 Å². The fraction of sp³-hybridized carbons (Fsp3) is 0. The SMILES string of the molecule is [C-]#Cc1ccccc1.[Pt].c1ccc(P(c2ccccc2)c2ccccc2)cc1.c1ccc(P(c2ccccc2)c2ccccc2)cc1. The summed E-state index contributed by atoms with van der Waals surface area (Å²) < 4.78 is 0. The topological polar surface area (TPSA) is 0 Å². The first-order chi connectivity index (χ1) is 22.8. The summed E-state index contributed by atoms with van der Waals surface area (Å²) >= 11 is 0. The second-order valence-electron chi connectivity index (χ2n) is 10.2. The van der Waals surface area contributed by atoms with Gasteiger partial charge in [0.25, 0.3) is 0 Å². The molecule has 0 saturated carbocycles. The van der Waals surface area contributed by atoms with Crippen LogP contribution in [-0.2, 0) is 21.1 Å². The molecule has 0 aliphatic carbocycles. The maximum atomic E-state index is 6.69. The van der Waals surface area contributed by atoms with Gasteiger partial charge in [0, 0.05) is 21.1 Å². The Labute approximate surface area is 297 Å². The fourth-order valence-electron chi connectivity index (χ4n) is 4.88. The molecule has 3 heteroatoms. The Kier molecular flexibility index (Phi) is 15.1. The molecular formula is C44H35P2Pt-. The molecule has 0 unspecified atom stereocenters. The van der Waals surface area contributed by atoms with Crippen molar-refractivity contribution in [2.24, 2.45) is 0 Å². The first-order valence-corrected chi connectivity index (χ1v) is 17.9. The summed E-state index contributed by atoms with van der Waals surface area (Å²) in [5.74, 6) is 2.28. The molecule has 0 heterocycles. The van der Waals surface area contributed by atoms with E-state index in [-0.39, 0.29) is 21.1 Å².